The molecule has 0 saturated carbocycles. The minimum absolute atomic E-state index is 0.0167. The fourth-order valence-electron chi connectivity index (χ4n) is 4.42. The molecule has 3 aliphatic heterocycles. The Labute approximate surface area is 148 Å². The third kappa shape index (κ3) is 2.78. The minimum atomic E-state index is -0.586. The molecule has 3 atom stereocenters. The predicted molar refractivity (Wildman–Crippen MR) is 94.9 cm³/mol. The second-order valence-electron chi connectivity index (χ2n) is 7.33. The summed E-state index contributed by atoms with van der Waals surface area (Å²) in [5.74, 6) is 0.344. The number of likely N-dealkylation sites (N-methyl/N-ethyl adjacent to an activating group) is 1. The fourth-order valence-corrected chi connectivity index (χ4v) is 4.42. The fraction of sp³-hybridized carbons (Fsp3) is 0.579. The highest BCUT2D eigenvalue weighted by molar-refractivity contribution is 6.04. The van der Waals surface area contributed by atoms with Crippen molar-refractivity contribution in [2.45, 2.75) is 50.8 Å². The van der Waals surface area contributed by atoms with E-state index in [4.69, 9.17) is 4.74 Å². The standard InChI is InChI=1S/C19H25N3O3/c1-12-18(23)20-14-7-3-6-13(17(14)25-12)19(24)22-11-5-9-16(22)15-8-4-10-21(15)2/h3,6-7,12,15-16H,4-5,8-11H2,1-2H3,(H,20,23)/t12-,15+,16+/m0/s1. The monoisotopic (exact) mass is 343 g/mol. The van der Waals surface area contributed by atoms with Crippen LogP contribution in [-0.2, 0) is 4.79 Å². The Morgan fingerprint density at radius 2 is 1.96 bits per heavy atom. The molecule has 4 rings (SSSR count). The van der Waals surface area contributed by atoms with Crippen LogP contribution in [0.15, 0.2) is 18.2 Å². The number of fused-ring (bicyclic) bond motifs is 1. The first-order valence-electron chi connectivity index (χ1n) is 9.18. The molecule has 3 aliphatic rings. The van der Waals surface area contributed by atoms with Gasteiger partial charge in [-0.15, -0.1) is 0 Å². The molecule has 134 valence electrons. The highest BCUT2D eigenvalue weighted by atomic mass is 16.5. The molecule has 2 amide bonds. The third-order valence-electron chi connectivity index (χ3n) is 5.75. The van der Waals surface area contributed by atoms with Gasteiger partial charge in [-0.05, 0) is 58.3 Å². The number of nitrogens with zero attached hydrogens (tertiary/aromatic N) is 2. The average molecular weight is 343 g/mol. The third-order valence-corrected chi connectivity index (χ3v) is 5.75. The summed E-state index contributed by atoms with van der Waals surface area (Å²) >= 11 is 0. The zero-order valence-electron chi connectivity index (χ0n) is 14.8. The summed E-state index contributed by atoms with van der Waals surface area (Å²) in [6.45, 7) is 3.60. The second kappa shape index (κ2) is 6.33. The quantitative estimate of drug-likeness (QED) is 0.893. The zero-order chi connectivity index (χ0) is 17.6. The molecule has 0 aliphatic carbocycles. The number of nitrogens with one attached hydrogen (secondary N) is 1. The van der Waals surface area contributed by atoms with Crippen molar-refractivity contribution in [3.05, 3.63) is 23.8 Å². The number of carbonyl (C=O) groups excluding carboxylic acids is 2. The molecular weight excluding hydrogens is 318 g/mol. The van der Waals surface area contributed by atoms with Gasteiger partial charge in [0.1, 0.15) is 0 Å². The number of anilines is 1. The van der Waals surface area contributed by atoms with Crippen molar-refractivity contribution >= 4 is 17.5 Å². The highest BCUT2D eigenvalue weighted by Gasteiger charge is 2.40. The van der Waals surface area contributed by atoms with Crippen LogP contribution < -0.4 is 10.1 Å². The molecular formula is C19H25N3O3. The summed E-state index contributed by atoms with van der Waals surface area (Å²) in [4.78, 5) is 29.5. The smallest absolute Gasteiger partial charge is 0.265 e. The number of ether oxygens (including phenoxy) is 1. The van der Waals surface area contributed by atoms with Gasteiger partial charge >= 0.3 is 0 Å². The lowest BCUT2D eigenvalue weighted by molar-refractivity contribution is -0.122. The largest absolute Gasteiger partial charge is 0.478 e. The van der Waals surface area contributed by atoms with Crippen LogP contribution >= 0.6 is 0 Å². The van der Waals surface area contributed by atoms with Gasteiger partial charge in [-0.1, -0.05) is 6.07 Å². The van der Waals surface area contributed by atoms with Crippen molar-refractivity contribution in [3.63, 3.8) is 0 Å². The topological polar surface area (TPSA) is 61.9 Å². The summed E-state index contributed by atoms with van der Waals surface area (Å²) in [7, 11) is 2.16. The number of hydrogen-bond donors (Lipinski definition) is 1. The molecule has 0 spiro atoms. The van der Waals surface area contributed by atoms with E-state index in [-0.39, 0.29) is 17.9 Å². The van der Waals surface area contributed by atoms with Gasteiger partial charge in [0.05, 0.1) is 11.3 Å². The molecule has 25 heavy (non-hydrogen) atoms. The van der Waals surface area contributed by atoms with Crippen molar-refractivity contribution in [2.24, 2.45) is 0 Å². The molecule has 0 aromatic heterocycles. The highest BCUT2D eigenvalue weighted by Crippen LogP contribution is 2.36. The summed E-state index contributed by atoms with van der Waals surface area (Å²) in [6.07, 6.45) is 3.87. The number of hydrogen-bond acceptors (Lipinski definition) is 4. The molecule has 1 aromatic carbocycles. The number of rotatable bonds is 2. The Morgan fingerprint density at radius 1 is 1.20 bits per heavy atom. The molecule has 0 unspecified atom stereocenters. The van der Waals surface area contributed by atoms with E-state index in [1.165, 1.54) is 6.42 Å². The van der Waals surface area contributed by atoms with Gasteiger partial charge in [-0.2, -0.15) is 0 Å². The van der Waals surface area contributed by atoms with Gasteiger partial charge in [0, 0.05) is 18.6 Å². The van der Waals surface area contributed by atoms with E-state index in [2.05, 4.69) is 17.3 Å². The van der Waals surface area contributed by atoms with Crippen LogP contribution in [0, 0.1) is 0 Å². The Bertz CT molecular complexity index is 705. The molecule has 1 aromatic rings. The summed E-state index contributed by atoms with van der Waals surface area (Å²) in [5, 5.41) is 2.83. The van der Waals surface area contributed by atoms with E-state index in [0.29, 0.717) is 23.0 Å². The Balaban J connectivity index is 1.63. The van der Waals surface area contributed by atoms with Gasteiger partial charge in [0.15, 0.2) is 11.9 Å². The van der Waals surface area contributed by atoms with Crippen molar-refractivity contribution in [3.8, 4) is 5.75 Å². The lowest BCUT2D eigenvalue weighted by Gasteiger charge is -2.34. The number of carbonyl (C=O) groups is 2. The van der Waals surface area contributed by atoms with Gasteiger partial charge in [0.2, 0.25) is 0 Å². The second-order valence-corrected chi connectivity index (χ2v) is 7.33. The molecule has 1 N–H and O–H groups in total. The molecule has 2 saturated heterocycles. The Kier molecular flexibility index (Phi) is 4.15. The number of amides is 2. The normalized spacial score (nSPS) is 29.3. The molecule has 6 heteroatoms. The molecule has 0 bridgehead atoms. The van der Waals surface area contributed by atoms with Crippen LogP contribution in [0.2, 0.25) is 0 Å². The number of likely N-dealkylation sites (tertiary alicyclic amines) is 2. The molecule has 0 radical (unpaired) electrons. The van der Waals surface area contributed by atoms with E-state index < -0.39 is 6.10 Å². The van der Waals surface area contributed by atoms with Crippen molar-refractivity contribution in [1.29, 1.82) is 0 Å². The van der Waals surface area contributed by atoms with Crippen LogP contribution in [0.1, 0.15) is 43.0 Å². The van der Waals surface area contributed by atoms with E-state index in [0.717, 1.165) is 32.4 Å². The van der Waals surface area contributed by atoms with Crippen molar-refractivity contribution in [2.75, 3.05) is 25.5 Å². The van der Waals surface area contributed by atoms with E-state index in [1.54, 1.807) is 25.1 Å². The average Bonchev–Trinajstić information content (AvgIpc) is 3.23. The van der Waals surface area contributed by atoms with E-state index in [9.17, 15) is 9.59 Å². The Hall–Kier alpha value is -2.08. The van der Waals surface area contributed by atoms with Crippen molar-refractivity contribution < 1.29 is 14.3 Å². The first kappa shape index (κ1) is 16.4. The summed E-state index contributed by atoms with van der Waals surface area (Å²) < 4.78 is 5.77. The molecule has 6 nitrogen and oxygen atoms in total. The van der Waals surface area contributed by atoms with Crippen LogP contribution in [0.3, 0.4) is 0 Å². The lowest BCUT2D eigenvalue weighted by atomic mass is 10.0. The van der Waals surface area contributed by atoms with Crippen LogP contribution in [0.5, 0.6) is 5.75 Å². The maximum absolute atomic E-state index is 13.3. The van der Waals surface area contributed by atoms with Crippen LogP contribution in [0.4, 0.5) is 5.69 Å². The zero-order valence-corrected chi connectivity index (χ0v) is 14.8. The molecule has 2 fully saturated rings. The predicted octanol–water partition coefficient (Wildman–Crippen LogP) is 2.10. The first-order valence-corrected chi connectivity index (χ1v) is 9.18. The Morgan fingerprint density at radius 3 is 2.72 bits per heavy atom. The van der Waals surface area contributed by atoms with Crippen LogP contribution in [-0.4, -0.2) is 59.9 Å². The van der Waals surface area contributed by atoms with Gasteiger partial charge in [-0.25, -0.2) is 0 Å². The maximum atomic E-state index is 13.3. The van der Waals surface area contributed by atoms with E-state index >= 15 is 0 Å². The summed E-state index contributed by atoms with van der Waals surface area (Å²) in [6, 6.07) is 6.11. The lowest BCUT2D eigenvalue weighted by Crippen LogP contribution is -2.47. The number of benzene rings is 1. The molecule has 3 heterocycles. The SMILES string of the molecule is C[C@@H]1Oc2c(cccc2C(=O)N2CCC[C@@H]2[C@H]2CCCN2C)NC1=O. The van der Waals surface area contributed by atoms with Crippen molar-refractivity contribution in [1.82, 2.24) is 9.80 Å². The van der Waals surface area contributed by atoms with E-state index in [1.807, 2.05) is 4.90 Å². The minimum Gasteiger partial charge on any atom is -0.478 e. The maximum Gasteiger partial charge on any atom is 0.265 e. The van der Waals surface area contributed by atoms with Gasteiger partial charge in [0.25, 0.3) is 11.8 Å². The van der Waals surface area contributed by atoms with Gasteiger partial charge < -0.3 is 19.9 Å². The summed E-state index contributed by atoms with van der Waals surface area (Å²) in [5.41, 5.74) is 1.14. The van der Waals surface area contributed by atoms with Gasteiger partial charge in [-0.3, -0.25) is 9.59 Å². The number of para-hydroxylation sites is 1. The van der Waals surface area contributed by atoms with Crippen LogP contribution in [0.25, 0.3) is 0 Å². The first-order chi connectivity index (χ1) is 12.1.